The number of unbranched alkanes of at least 4 members (excludes halogenated alkanes) is 1. The molecular formula is C12H22N4O2. The molecule has 6 heteroatoms. The molecule has 6 nitrogen and oxygen atoms in total. The highest BCUT2D eigenvalue weighted by atomic mass is 16.2. The number of nitrogens with one attached hydrogen (secondary N) is 1. The van der Waals surface area contributed by atoms with Gasteiger partial charge in [0.05, 0.1) is 12.6 Å². The van der Waals surface area contributed by atoms with Gasteiger partial charge in [0.15, 0.2) is 0 Å². The second kappa shape index (κ2) is 9.35. The second-order valence-electron chi connectivity index (χ2n) is 3.88. The van der Waals surface area contributed by atoms with Gasteiger partial charge in [-0.05, 0) is 13.3 Å². The van der Waals surface area contributed by atoms with Crippen molar-refractivity contribution in [2.24, 2.45) is 16.5 Å². The van der Waals surface area contributed by atoms with Crippen molar-refractivity contribution in [1.29, 1.82) is 0 Å². The number of carbonyl (C=O) groups excluding carboxylic acids is 2. The summed E-state index contributed by atoms with van der Waals surface area (Å²) >= 11 is 0. The first kappa shape index (κ1) is 16.3. The third kappa shape index (κ3) is 7.56. The third-order valence-corrected chi connectivity index (χ3v) is 2.21. The summed E-state index contributed by atoms with van der Waals surface area (Å²) in [4.78, 5) is 26.3. The molecule has 1 atom stereocenters. The van der Waals surface area contributed by atoms with Crippen LogP contribution in [0.25, 0.3) is 0 Å². The molecule has 0 aliphatic heterocycles. The van der Waals surface area contributed by atoms with Crippen LogP contribution in [-0.2, 0) is 9.59 Å². The second-order valence-corrected chi connectivity index (χ2v) is 3.88. The van der Waals surface area contributed by atoms with Gasteiger partial charge in [-0.25, -0.2) is 0 Å². The van der Waals surface area contributed by atoms with Gasteiger partial charge in [0.2, 0.25) is 11.8 Å². The fraction of sp³-hybridized carbons (Fsp3) is 0.583. The van der Waals surface area contributed by atoms with E-state index in [1.807, 2.05) is 19.2 Å². The zero-order valence-corrected chi connectivity index (χ0v) is 11.0. The molecule has 0 aromatic carbocycles. The van der Waals surface area contributed by atoms with E-state index in [2.05, 4.69) is 17.2 Å². The van der Waals surface area contributed by atoms with Crippen LogP contribution in [0.5, 0.6) is 0 Å². The maximum atomic E-state index is 11.5. The van der Waals surface area contributed by atoms with Gasteiger partial charge in [-0.1, -0.05) is 19.4 Å². The van der Waals surface area contributed by atoms with Crippen LogP contribution in [0.2, 0.25) is 0 Å². The van der Waals surface area contributed by atoms with Gasteiger partial charge >= 0.3 is 0 Å². The van der Waals surface area contributed by atoms with Gasteiger partial charge in [-0.2, -0.15) is 0 Å². The summed E-state index contributed by atoms with van der Waals surface area (Å²) in [7, 11) is 0. The minimum atomic E-state index is -0.727. The number of hydrogen-bond acceptors (Lipinski definition) is 4. The highest BCUT2D eigenvalue weighted by Crippen LogP contribution is 2.06. The van der Waals surface area contributed by atoms with Crippen molar-refractivity contribution in [3.05, 3.63) is 11.8 Å². The molecule has 0 bridgehead atoms. The SMILES string of the molecule is C/C=C(/C[C@H](N)C(=O)NCC(N)=O)N=CCCC. The molecule has 0 aliphatic carbocycles. The monoisotopic (exact) mass is 254 g/mol. The number of allylic oxidation sites excluding steroid dienone is 1. The molecule has 5 N–H and O–H groups in total. The first-order valence-electron chi connectivity index (χ1n) is 6.00. The van der Waals surface area contributed by atoms with Gasteiger partial charge in [-0.3, -0.25) is 14.6 Å². The molecule has 0 fully saturated rings. The van der Waals surface area contributed by atoms with Gasteiger partial charge in [0.25, 0.3) is 0 Å². The summed E-state index contributed by atoms with van der Waals surface area (Å²) in [6, 6.07) is -0.727. The Morgan fingerprint density at radius 3 is 2.61 bits per heavy atom. The van der Waals surface area contributed by atoms with Crippen molar-refractivity contribution >= 4 is 18.0 Å². The Kier molecular flexibility index (Phi) is 8.47. The van der Waals surface area contributed by atoms with Crippen LogP contribution >= 0.6 is 0 Å². The molecule has 0 heterocycles. The molecule has 102 valence electrons. The van der Waals surface area contributed by atoms with E-state index in [4.69, 9.17) is 11.5 Å². The maximum Gasteiger partial charge on any atom is 0.237 e. The predicted molar refractivity (Wildman–Crippen MR) is 72.0 cm³/mol. The van der Waals surface area contributed by atoms with Crippen molar-refractivity contribution in [1.82, 2.24) is 5.32 Å². The summed E-state index contributed by atoms with van der Waals surface area (Å²) in [5, 5.41) is 2.36. The first-order chi connectivity index (χ1) is 8.51. The summed E-state index contributed by atoms with van der Waals surface area (Å²) in [5.41, 5.74) is 11.4. The summed E-state index contributed by atoms with van der Waals surface area (Å²) in [5.74, 6) is -0.999. The molecule has 0 aliphatic rings. The molecule has 0 saturated heterocycles. The molecule has 0 saturated carbocycles. The zero-order chi connectivity index (χ0) is 14.0. The Labute approximate surface area is 108 Å². The van der Waals surface area contributed by atoms with E-state index in [0.717, 1.165) is 18.5 Å². The lowest BCUT2D eigenvalue weighted by Crippen LogP contribution is -2.43. The number of rotatable bonds is 8. The molecular weight excluding hydrogens is 232 g/mol. The quantitative estimate of drug-likeness (QED) is 0.533. The topological polar surface area (TPSA) is 111 Å². The van der Waals surface area contributed by atoms with Crippen LogP contribution in [0.4, 0.5) is 0 Å². The van der Waals surface area contributed by atoms with E-state index in [-0.39, 0.29) is 6.54 Å². The van der Waals surface area contributed by atoms with E-state index < -0.39 is 17.9 Å². The summed E-state index contributed by atoms with van der Waals surface area (Å²) in [6.07, 6.45) is 5.87. The van der Waals surface area contributed by atoms with Crippen LogP contribution in [0.1, 0.15) is 33.1 Å². The van der Waals surface area contributed by atoms with Crippen molar-refractivity contribution in [2.45, 2.75) is 39.2 Å². The number of amides is 2. The Hall–Kier alpha value is -1.69. The first-order valence-corrected chi connectivity index (χ1v) is 6.00. The minimum Gasteiger partial charge on any atom is -0.368 e. The lowest BCUT2D eigenvalue weighted by atomic mass is 10.1. The summed E-state index contributed by atoms with van der Waals surface area (Å²) in [6.45, 7) is 3.70. The average Bonchev–Trinajstić information content (AvgIpc) is 2.34. The molecule has 2 amide bonds. The third-order valence-electron chi connectivity index (χ3n) is 2.21. The number of nitrogens with two attached hydrogens (primary N) is 2. The van der Waals surface area contributed by atoms with Gasteiger partial charge in [0, 0.05) is 18.3 Å². The maximum absolute atomic E-state index is 11.5. The van der Waals surface area contributed by atoms with Gasteiger partial charge in [-0.15, -0.1) is 0 Å². The molecule has 18 heavy (non-hydrogen) atoms. The molecule has 0 radical (unpaired) electrons. The van der Waals surface area contributed by atoms with Crippen molar-refractivity contribution in [2.75, 3.05) is 6.54 Å². The Balaban J connectivity index is 4.22. The van der Waals surface area contributed by atoms with Crippen LogP contribution in [-0.4, -0.2) is 30.6 Å². The molecule has 0 aromatic rings. The van der Waals surface area contributed by atoms with Crippen LogP contribution < -0.4 is 16.8 Å². The number of hydrogen-bond donors (Lipinski definition) is 3. The molecule has 0 spiro atoms. The lowest BCUT2D eigenvalue weighted by molar-refractivity contribution is -0.125. The molecule has 0 rings (SSSR count). The van der Waals surface area contributed by atoms with E-state index in [1.54, 1.807) is 0 Å². The highest BCUT2D eigenvalue weighted by Gasteiger charge is 2.14. The van der Waals surface area contributed by atoms with E-state index in [0.29, 0.717) is 6.42 Å². The lowest BCUT2D eigenvalue weighted by Gasteiger charge is -2.11. The number of nitrogens with zero attached hydrogens (tertiary/aromatic N) is 1. The molecule has 0 unspecified atom stereocenters. The number of primary amides is 1. The standard InChI is InChI=1S/C12H22N4O2/c1-3-5-6-15-9(4-2)7-10(13)12(18)16-8-11(14)17/h4,6,10H,3,5,7-8,13H2,1-2H3,(H2,14,17)(H,16,18)/b9-4-,15-6?/t10-/m0/s1. The largest absolute Gasteiger partial charge is 0.368 e. The fourth-order valence-corrected chi connectivity index (χ4v) is 1.18. The summed E-state index contributed by atoms with van der Waals surface area (Å²) < 4.78 is 0. The van der Waals surface area contributed by atoms with E-state index in [1.165, 1.54) is 0 Å². The van der Waals surface area contributed by atoms with Crippen LogP contribution in [0.15, 0.2) is 16.8 Å². The fourth-order valence-electron chi connectivity index (χ4n) is 1.18. The average molecular weight is 254 g/mol. The van der Waals surface area contributed by atoms with Crippen molar-refractivity contribution in [3.63, 3.8) is 0 Å². The molecule has 0 aromatic heterocycles. The Morgan fingerprint density at radius 1 is 1.44 bits per heavy atom. The normalized spacial score (nSPS) is 13.6. The number of carbonyl (C=O) groups is 2. The highest BCUT2D eigenvalue weighted by molar-refractivity contribution is 5.86. The van der Waals surface area contributed by atoms with Crippen LogP contribution in [0.3, 0.4) is 0 Å². The zero-order valence-electron chi connectivity index (χ0n) is 11.0. The van der Waals surface area contributed by atoms with Crippen LogP contribution in [0, 0.1) is 0 Å². The van der Waals surface area contributed by atoms with Crippen molar-refractivity contribution in [3.8, 4) is 0 Å². The minimum absolute atomic E-state index is 0.198. The van der Waals surface area contributed by atoms with Crippen molar-refractivity contribution < 1.29 is 9.59 Å². The predicted octanol–water partition coefficient (Wildman–Crippen LogP) is 0.0800. The van der Waals surface area contributed by atoms with E-state index in [9.17, 15) is 9.59 Å². The Morgan fingerprint density at radius 2 is 2.11 bits per heavy atom. The van der Waals surface area contributed by atoms with Gasteiger partial charge < -0.3 is 16.8 Å². The van der Waals surface area contributed by atoms with Gasteiger partial charge in [0.1, 0.15) is 0 Å². The Bertz CT molecular complexity index is 337. The smallest absolute Gasteiger partial charge is 0.237 e. The van der Waals surface area contributed by atoms with E-state index >= 15 is 0 Å². The number of aliphatic imine (C=N–C) groups is 1.